The van der Waals surface area contributed by atoms with Crippen molar-refractivity contribution < 1.29 is 9.21 Å². The number of furan rings is 1. The Balaban J connectivity index is 0.00000392. The number of carbonyl (C=O) groups excluding carboxylic acids is 1. The molecule has 0 aliphatic carbocycles. The predicted molar refractivity (Wildman–Crippen MR) is 128 cm³/mol. The number of hydrogen-bond donors (Lipinski definition) is 2. The first-order valence-corrected chi connectivity index (χ1v) is 11.0. The van der Waals surface area contributed by atoms with Gasteiger partial charge in [-0.2, -0.15) is 11.8 Å². The van der Waals surface area contributed by atoms with E-state index in [1.807, 2.05) is 12.1 Å². The Morgan fingerprint density at radius 1 is 1.32 bits per heavy atom. The number of piperidine rings is 1. The molecule has 1 unspecified atom stereocenters. The Hall–Kier alpha value is -0.940. The van der Waals surface area contributed by atoms with Gasteiger partial charge in [-0.05, 0) is 44.3 Å². The van der Waals surface area contributed by atoms with Crippen molar-refractivity contribution in [2.75, 3.05) is 58.8 Å². The molecule has 1 aliphatic rings. The lowest BCUT2D eigenvalue weighted by Gasteiger charge is -2.33. The lowest BCUT2D eigenvalue weighted by molar-refractivity contribution is -0.127. The van der Waals surface area contributed by atoms with E-state index < -0.39 is 0 Å². The molecule has 0 bridgehead atoms. The third kappa shape index (κ3) is 8.60. The lowest BCUT2D eigenvalue weighted by atomic mass is 10.1. The van der Waals surface area contributed by atoms with Gasteiger partial charge in [-0.15, -0.1) is 24.0 Å². The van der Waals surface area contributed by atoms with Gasteiger partial charge in [0.05, 0.1) is 12.3 Å². The Morgan fingerprint density at radius 3 is 2.68 bits per heavy atom. The van der Waals surface area contributed by atoms with Crippen molar-refractivity contribution in [3.8, 4) is 0 Å². The molecule has 2 N–H and O–H groups in total. The van der Waals surface area contributed by atoms with Crippen LogP contribution in [-0.2, 0) is 4.79 Å². The minimum absolute atomic E-state index is 0. The largest absolute Gasteiger partial charge is 0.468 e. The van der Waals surface area contributed by atoms with Crippen molar-refractivity contribution in [1.82, 2.24) is 20.4 Å². The summed E-state index contributed by atoms with van der Waals surface area (Å²) in [5.74, 6) is 2.61. The molecule has 1 fully saturated rings. The van der Waals surface area contributed by atoms with Crippen molar-refractivity contribution in [2.24, 2.45) is 4.99 Å². The van der Waals surface area contributed by atoms with Crippen molar-refractivity contribution in [2.45, 2.75) is 25.3 Å². The highest BCUT2D eigenvalue weighted by atomic mass is 127. The van der Waals surface area contributed by atoms with Crippen LogP contribution >= 0.6 is 35.7 Å². The summed E-state index contributed by atoms with van der Waals surface area (Å²) < 4.78 is 5.70. The summed E-state index contributed by atoms with van der Waals surface area (Å²) in [6.07, 6.45) is 7.55. The number of rotatable bonds is 9. The molecule has 0 saturated carbocycles. The average Bonchev–Trinajstić information content (AvgIpc) is 3.20. The van der Waals surface area contributed by atoms with Gasteiger partial charge in [-0.3, -0.25) is 9.69 Å². The van der Waals surface area contributed by atoms with Gasteiger partial charge < -0.3 is 20.0 Å². The molecule has 9 heteroatoms. The van der Waals surface area contributed by atoms with Gasteiger partial charge in [0.25, 0.3) is 0 Å². The first-order valence-electron chi connectivity index (χ1n) is 9.60. The molecular weight excluding hydrogens is 489 g/mol. The highest BCUT2D eigenvalue weighted by Crippen LogP contribution is 2.24. The van der Waals surface area contributed by atoms with E-state index in [4.69, 9.17) is 4.42 Å². The molecule has 0 aromatic carbocycles. The van der Waals surface area contributed by atoms with Crippen LogP contribution in [0.3, 0.4) is 0 Å². The monoisotopic (exact) mass is 523 g/mol. The van der Waals surface area contributed by atoms with Gasteiger partial charge in [-0.1, -0.05) is 6.42 Å². The van der Waals surface area contributed by atoms with Crippen LogP contribution in [0.5, 0.6) is 0 Å². The van der Waals surface area contributed by atoms with Crippen LogP contribution in [0.2, 0.25) is 0 Å². The zero-order chi connectivity index (χ0) is 19.5. The smallest absolute Gasteiger partial charge is 0.243 e. The van der Waals surface area contributed by atoms with Crippen molar-refractivity contribution in [1.29, 1.82) is 0 Å². The summed E-state index contributed by atoms with van der Waals surface area (Å²) in [4.78, 5) is 20.4. The van der Waals surface area contributed by atoms with Crippen LogP contribution < -0.4 is 10.6 Å². The minimum Gasteiger partial charge on any atom is -0.468 e. The second-order valence-electron chi connectivity index (χ2n) is 6.88. The summed E-state index contributed by atoms with van der Waals surface area (Å²) in [5.41, 5.74) is 0. The number of aliphatic imine (C=N–C) groups is 1. The van der Waals surface area contributed by atoms with E-state index >= 15 is 0 Å². The Morgan fingerprint density at radius 2 is 2.07 bits per heavy atom. The highest BCUT2D eigenvalue weighted by Gasteiger charge is 2.24. The van der Waals surface area contributed by atoms with Gasteiger partial charge in [0, 0.05) is 32.9 Å². The molecule has 7 nitrogen and oxygen atoms in total. The van der Waals surface area contributed by atoms with E-state index in [-0.39, 0.29) is 42.5 Å². The van der Waals surface area contributed by atoms with Gasteiger partial charge in [-0.25, -0.2) is 4.99 Å². The summed E-state index contributed by atoms with van der Waals surface area (Å²) in [6.45, 7) is 3.79. The second-order valence-corrected chi connectivity index (χ2v) is 7.87. The first kappa shape index (κ1) is 25.1. The van der Waals surface area contributed by atoms with Gasteiger partial charge in [0.2, 0.25) is 5.91 Å². The predicted octanol–water partition coefficient (Wildman–Crippen LogP) is 2.41. The highest BCUT2D eigenvalue weighted by molar-refractivity contribution is 14.0. The number of guanidine groups is 1. The maximum Gasteiger partial charge on any atom is 0.243 e. The summed E-state index contributed by atoms with van der Waals surface area (Å²) in [7, 11) is 3.49. The molecule has 28 heavy (non-hydrogen) atoms. The Bertz CT molecular complexity index is 577. The maximum atomic E-state index is 11.9. The fourth-order valence-corrected chi connectivity index (χ4v) is 3.35. The van der Waals surface area contributed by atoms with Gasteiger partial charge in [0.15, 0.2) is 5.96 Å². The van der Waals surface area contributed by atoms with Crippen molar-refractivity contribution >= 4 is 47.6 Å². The van der Waals surface area contributed by atoms with E-state index in [0.29, 0.717) is 12.5 Å². The van der Waals surface area contributed by atoms with E-state index in [9.17, 15) is 4.79 Å². The van der Waals surface area contributed by atoms with Crippen LogP contribution in [0.1, 0.15) is 31.1 Å². The number of halogens is 1. The number of likely N-dealkylation sites (tertiary alicyclic amines) is 1. The lowest BCUT2D eigenvalue weighted by Crippen LogP contribution is -2.45. The molecular formula is C19H34IN5O2S. The average molecular weight is 523 g/mol. The normalized spacial score (nSPS) is 16.2. The van der Waals surface area contributed by atoms with E-state index in [1.54, 1.807) is 37.0 Å². The SMILES string of the molecule is CSCCNC(=NCC(=O)N(C)C)NCC(c1ccco1)N1CCCCC1.I. The minimum atomic E-state index is -0.0143. The Labute approximate surface area is 190 Å². The molecule has 0 spiro atoms. The Kier molecular flexibility index (Phi) is 12.6. The summed E-state index contributed by atoms with van der Waals surface area (Å²) in [6, 6.07) is 4.14. The molecule has 160 valence electrons. The van der Waals surface area contributed by atoms with Crippen LogP contribution in [0.4, 0.5) is 0 Å². The number of nitrogens with zero attached hydrogens (tertiary/aromatic N) is 3. The van der Waals surface area contributed by atoms with Gasteiger partial charge in [0.1, 0.15) is 12.3 Å². The van der Waals surface area contributed by atoms with Gasteiger partial charge >= 0.3 is 0 Å². The third-order valence-electron chi connectivity index (χ3n) is 4.64. The zero-order valence-electron chi connectivity index (χ0n) is 17.1. The first-order chi connectivity index (χ1) is 13.1. The molecule has 2 heterocycles. The quantitative estimate of drug-likeness (QED) is 0.224. The number of thioether (sulfide) groups is 1. The van der Waals surface area contributed by atoms with Crippen LogP contribution in [-0.4, -0.2) is 80.5 Å². The zero-order valence-corrected chi connectivity index (χ0v) is 20.3. The second kappa shape index (κ2) is 14.1. The van der Waals surface area contributed by atoms with E-state index in [1.165, 1.54) is 19.3 Å². The number of hydrogen-bond acceptors (Lipinski definition) is 5. The summed E-state index contributed by atoms with van der Waals surface area (Å²) in [5, 5.41) is 6.73. The fourth-order valence-electron chi connectivity index (χ4n) is 3.05. The van der Waals surface area contributed by atoms with Crippen molar-refractivity contribution in [3.63, 3.8) is 0 Å². The molecule has 1 aromatic rings. The number of carbonyl (C=O) groups is 1. The van der Waals surface area contributed by atoms with Crippen LogP contribution in [0.25, 0.3) is 0 Å². The third-order valence-corrected chi connectivity index (χ3v) is 5.25. The van der Waals surface area contributed by atoms with Crippen LogP contribution in [0, 0.1) is 0 Å². The standard InChI is InChI=1S/C19H33N5O2S.HI/c1-23(2)18(25)15-22-19(20-9-13-27-3)21-14-16(17-8-7-12-26-17)24-10-5-4-6-11-24;/h7-8,12,16H,4-6,9-11,13-15H2,1-3H3,(H2,20,21,22);1H. The maximum absolute atomic E-state index is 11.9. The van der Waals surface area contributed by atoms with E-state index in [2.05, 4.69) is 26.8 Å². The molecule has 2 rings (SSSR count). The molecule has 0 radical (unpaired) electrons. The van der Waals surface area contributed by atoms with Crippen LogP contribution in [0.15, 0.2) is 27.8 Å². The fraction of sp³-hybridized carbons (Fsp3) is 0.684. The molecule has 1 saturated heterocycles. The number of likely N-dealkylation sites (N-methyl/N-ethyl adjacent to an activating group) is 1. The molecule has 1 aromatic heterocycles. The number of amides is 1. The number of nitrogens with one attached hydrogen (secondary N) is 2. The summed E-state index contributed by atoms with van der Waals surface area (Å²) >= 11 is 1.77. The molecule has 1 aliphatic heterocycles. The molecule has 1 atom stereocenters. The molecule has 1 amide bonds. The topological polar surface area (TPSA) is 73.1 Å². The van der Waals surface area contributed by atoms with E-state index in [0.717, 1.165) is 31.1 Å². The van der Waals surface area contributed by atoms with Crippen molar-refractivity contribution in [3.05, 3.63) is 24.2 Å².